The number of primary amides is 1. The minimum absolute atomic E-state index is 0.0711. The number of aliphatic carboxylic acids is 1. The first-order valence-corrected chi connectivity index (χ1v) is 5.17. The van der Waals surface area contributed by atoms with Crippen molar-refractivity contribution in [3.05, 3.63) is 0 Å². The molecule has 0 saturated carbocycles. The van der Waals surface area contributed by atoms with Gasteiger partial charge in [-0.3, -0.25) is 14.4 Å². The minimum atomic E-state index is -0.992. The molecule has 0 heterocycles. The number of carbonyl (C=O) groups is 3. The number of nitrogens with one attached hydrogen (secondary N) is 1. The average molecular weight is 245 g/mol. The van der Waals surface area contributed by atoms with Crippen LogP contribution in [0.5, 0.6) is 0 Å². The molecule has 0 saturated heterocycles. The number of carboxylic acids is 1. The number of hydrogen-bond acceptors (Lipinski definition) is 4. The van der Waals surface area contributed by atoms with Crippen molar-refractivity contribution < 1.29 is 19.5 Å². The molecule has 17 heavy (non-hydrogen) atoms. The van der Waals surface area contributed by atoms with Crippen LogP contribution < -0.4 is 16.8 Å². The molecule has 0 aromatic rings. The molecule has 0 radical (unpaired) electrons. The third-order valence-electron chi connectivity index (χ3n) is 2.13. The van der Waals surface area contributed by atoms with E-state index in [0.29, 0.717) is 0 Å². The van der Waals surface area contributed by atoms with Gasteiger partial charge in [-0.15, -0.1) is 0 Å². The van der Waals surface area contributed by atoms with Crippen LogP contribution in [0.4, 0.5) is 0 Å². The highest BCUT2D eigenvalue weighted by Crippen LogP contribution is 2.18. The Morgan fingerprint density at radius 1 is 1.35 bits per heavy atom. The predicted molar refractivity (Wildman–Crippen MR) is 60.8 cm³/mol. The van der Waals surface area contributed by atoms with E-state index in [-0.39, 0.29) is 19.4 Å². The molecule has 98 valence electrons. The molecular formula is C10H19N3O4. The van der Waals surface area contributed by atoms with E-state index in [4.69, 9.17) is 16.6 Å². The second-order valence-electron chi connectivity index (χ2n) is 4.73. The fourth-order valence-corrected chi connectivity index (χ4v) is 1.24. The summed E-state index contributed by atoms with van der Waals surface area (Å²) in [4.78, 5) is 32.5. The lowest BCUT2D eigenvalue weighted by molar-refractivity contribution is -0.139. The molecule has 2 amide bonds. The van der Waals surface area contributed by atoms with Gasteiger partial charge in [-0.25, -0.2) is 0 Å². The van der Waals surface area contributed by atoms with Crippen LogP contribution in [0.2, 0.25) is 0 Å². The van der Waals surface area contributed by atoms with Crippen LogP contribution in [0, 0.1) is 5.41 Å². The Morgan fingerprint density at radius 2 is 1.88 bits per heavy atom. The van der Waals surface area contributed by atoms with Crippen LogP contribution in [-0.2, 0) is 14.4 Å². The van der Waals surface area contributed by atoms with Gasteiger partial charge in [0, 0.05) is 6.54 Å². The topological polar surface area (TPSA) is 136 Å². The van der Waals surface area contributed by atoms with Gasteiger partial charge in [-0.2, -0.15) is 0 Å². The number of nitrogens with two attached hydrogens (primary N) is 2. The first kappa shape index (κ1) is 15.4. The maximum Gasteiger partial charge on any atom is 0.303 e. The molecule has 0 aliphatic rings. The summed E-state index contributed by atoms with van der Waals surface area (Å²) in [5, 5.41) is 11.1. The van der Waals surface area contributed by atoms with Gasteiger partial charge in [0.05, 0.1) is 18.9 Å². The summed E-state index contributed by atoms with van der Waals surface area (Å²) in [5.41, 5.74) is 9.75. The van der Waals surface area contributed by atoms with Gasteiger partial charge in [-0.05, 0) is 5.41 Å². The predicted octanol–water partition coefficient (Wildman–Crippen LogP) is -1.19. The largest absolute Gasteiger partial charge is 0.481 e. The SMILES string of the molecule is CC(C)(CNC(=O)[C@@H](N)CC(N)=O)CC(=O)O. The highest BCUT2D eigenvalue weighted by molar-refractivity contribution is 5.87. The summed E-state index contributed by atoms with van der Waals surface area (Å²) in [5.74, 6) is -2.11. The lowest BCUT2D eigenvalue weighted by Crippen LogP contribution is -2.46. The third-order valence-corrected chi connectivity index (χ3v) is 2.13. The van der Waals surface area contributed by atoms with Crippen LogP contribution >= 0.6 is 0 Å². The van der Waals surface area contributed by atoms with Crippen molar-refractivity contribution in [3.63, 3.8) is 0 Å². The fraction of sp³-hybridized carbons (Fsp3) is 0.700. The van der Waals surface area contributed by atoms with Gasteiger partial charge in [0.25, 0.3) is 0 Å². The second-order valence-corrected chi connectivity index (χ2v) is 4.73. The van der Waals surface area contributed by atoms with E-state index >= 15 is 0 Å². The van der Waals surface area contributed by atoms with E-state index in [9.17, 15) is 14.4 Å². The van der Waals surface area contributed by atoms with Crippen LogP contribution in [0.15, 0.2) is 0 Å². The Labute approximate surface area is 99.5 Å². The van der Waals surface area contributed by atoms with Crippen LogP contribution in [0.1, 0.15) is 26.7 Å². The molecule has 0 rings (SSSR count). The molecular weight excluding hydrogens is 226 g/mol. The molecule has 6 N–H and O–H groups in total. The van der Waals surface area contributed by atoms with E-state index in [1.54, 1.807) is 13.8 Å². The molecule has 0 fully saturated rings. The molecule has 1 atom stereocenters. The van der Waals surface area contributed by atoms with Gasteiger partial charge in [-0.1, -0.05) is 13.8 Å². The van der Waals surface area contributed by atoms with Crippen molar-refractivity contribution in [3.8, 4) is 0 Å². The van der Waals surface area contributed by atoms with E-state index in [0.717, 1.165) is 0 Å². The molecule has 0 bridgehead atoms. The zero-order chi connectivity index (χ0) is 13.6. The van der Waals surface area contributed by atoms with E-state index in [2.05, 4.69) is 5.32 Å². The maximum absolute atomic E-state index is 11.4. The van der Waals surface area contributed by atoms with Crippen LogP contribution in [-0.4, -0.2) is 35.5 Å². The van der Waals surface area contributed by atoms with Gasteiger partial charge in [0.2, 0.25) is 11.8 Å². The van der Waals surface area contributed by atoms with E-state index in [1.807, 2.05) is 0 Å². The summed E-state index contributed by atoms with van der Waals surface area (Å²) in [7, 11) is 0. The number of carbonyl (C=O) groups excluding carboxylic acids is 2. The monoisotopic (exact) mass is 245 g/mol. The number of amides is 2. The average Bonchev–Trinajstić information content (AvgIpc) is 2.11. The molecule has 7 heteroatoms. The molecule has 0 aliphatic heterocycles. The Balaban J connectivity index is 4.14. The van der Waals surface area contributed by atoms with Crippen molar-refractivity contribution >= 4 is 17.8 Å². The summed E-state index contributed by atoms with van der Waals surface area (Å²) in [6.07, 6.45) is -0.302. The maximum atomic E-state index is 11.4. The minimum Gasteiger partial charge on any atom is -0.481 e. The van der Waals surface area contributed by atoms with Gasteiger partial charge >= 0.3 is 5.97 Å². The van der Waals surface area contributed by atoms with Crippen molar-refractivity contribution in [2.45, 2.75) is 32.7 Å². The Hall–Kier alpha value is -1.63. The fourth-order valence-electron chi connectivity index (χ4n) is 1.24. The zero-order valence-electron chi connectivity index (χ0n) is 10.0. The number of carboxylic acid groups (broad SMARTS) is 1. The Kier molecular flexibility index (Phi) is 5.60. The molecule has 0 aliphatic carbocycles. The lowest BCUT2D eigenvalue weighted by Gasteiger charge is -2.23. The lowest BCUT2D eigenvalue weighted by atomic mass is 9.89. The molecule has 7 nitrogen and oxygen atoms in total. The normalized spacial score (nSPS) is 12.9. The molecule has 0 aromatic heterocycles. The smallest absolute Gasteiger partial charge is 0.303 e. The molecule has 0 unspecified atom stereocenters. The Bertz CT molecular complexity index is 315. The van der Waals surface area contributed by atoms with Crippen molar-refractivity contribution in [2.75, 3.05) is 6.54 Å². The first-order chi connectivity index (χ1) is 7.64. The van der Waals surface area contributed by atoms with E-state index < -0.39 is 29.2 Å². The van der Waals surface area contributed by atoms with E-state index in [1.165, 1.54) is 0 Å². The number of rotatable bonds is 7. The summed E-state index contributed by atoms with van der Waals surface area (Å²) < 4.78 is 0. The van der Waals surface area contributed by atoms with Crippen molar-refractivity contribution in [2.24, 2.45) is 16.9 Å². The first-order valence-electron chi connectivity index (χ1n) is 5.17. The quantitative estimate of drug-likeness (QED) is 0.447. The third kappa shape index (κ3) is 7.29. The Morgan fingerprint density at radius 3 is 2.29 bits per heavy atom. The summed E-state index contributed by atoms with van der Waals surface area (Å²) in [6.45, 7) is 3.59. The summed E-state index contributed by atoms with van der Waals surface area (Å²) in [6, 6.07) is -0.992. The summed E-state index contributed by atoms with van der Waals surface area (Å²) >= 11 is 0. The molecule has 0 aromatic carbocycles. The van der Waals surface area contributed by atoms with Gasteiger partial charge in [0.1, 0.15) is 0 Å². The van der Waals surface area contributed by atoms with Gasteiger partial charge < -0.3 is 21.9 Å². The standard InChI is InChI=1S/C10H19N3O4/c1-10(2,4-8(15)16)5-13-9(17)6(11)3-7(12)14/h6H,3-5,11H2,1-2H3,(H2,12,14)(H,13,17)(H,15,16)/t6-/m0/s1. The zero-order valence-corrected chi connectivity index (χ0v) is 10.0. The highest BCUT2D eigenvalue weighted by Gasteiger charge is 2.24. The van der Waals surface area contributed by atoms with Crippen molar-refractivity contribution in [1.82, 2.24) is 5.32 Å². The van der Waals surface area contributed by atoms with Crippen LogP contribution in [0.3, 0.4) is 0 Å². The van der Waals surface area contributed by atoms with Crippen molar-refractivity contribution in [1.29, 1.82) is 0 Å². The second kappa shape index (κ2) is 6.19. The van der Waals surface area contributed by atoms with Crippen LogP contribution in [0.25, 0.3) is 0 Å². The van der Waals surface area contributed by atoms with Gasteiger partial charge in [0.15, 0.2) is 0 Å². The number of hydrogen-bond donors (Lipinski definition) is 4. The highest BCUT2D eigenvalue weighted by atomic mass is 16.4. The molecule has 0 spiro atoms.